The predicted octanol–water partition coefficient (Wildman–Crippen LogP) is 3.57. The molecule has 0 aromatic carbocycles. The summed E-state index contributed by atoms with van der Waals surface area (Å²) in [5.41, 5.74) is 0. The zero-order chi connectivity index (χ0) is 7.11. The highest BCUT2D eigenvalue weighted by Crippen LogP contribution is 2.11. The van der Waals surface area contributed by atoms with E-state index in [1.165, 1.54) is 19.3 Å². The van der Waals surface area contributed by atoms with Gasteiger partial charge in [0, 0.05) is 10.7 Å². The lowest BCUT2D eigenvalue weighted by Gasteiger charge is -2.04. The highest BCUT2D eigenvalue weighted by atomic mass is 79.9. The van der Waals surface area contributed by atoms with Crippen molar-refractivity contribution < 1.29 is 0 Å². The van der Waals surface area contributed by atoms with Gasteiger partial charge in [0.25, 0.3) is 0 Å². The second-order valence-electron chi connectivity index (χ2n) is 2.22. The molecule has 1 unspecified atom stereocenters. The average molecular weight is 214 g/mol. The van der Waals surface area contributed by atoms with Gasteiger partial charge in [-0.1, -0.05) is 35.7 Å². The molecule has 0 nitrogen and oxygen atoms in total. The standard InChI is InChI=1S/C7H14BrCl/c1-2-3-4-7(9)5-6-8/h7H,2-6H2,1H3. The molecule has 0 radical (unpaired) electrons. The van der Waals surface area contributed by atoms with Crippen molar-refractivity contribution in [3.63, 3.8) is 0 Å². The van der Waals surface area contributed by atoms with Gasteiger partial charge in [-0.05, 0) is 12.8 Å². The molecule has 0 saturated heterocycles. The fraction of sp³-hybridized carbons (Fsp3) is 1.00. The van der Waals surface area contributed by atoms with Crippen molar-refractivity contribution >= 4 is 27.5 Å². The molecule has 2 heteroatoms. The summed E-state index contributed by atoms with van der Waals surface area (Å²) in [6.45, 7) is 2.19. The number of halogens is 2. The van der Waals surface area contributed by atoms with Crippen LogP contribution in [0.1, 0.15) is 32.6 Å². The van der Waals surface area contributed by atoms with Crippen molar-refractivity contribution in [1.29, 1.82) is 0 Å². The molecule has 0 bridgehead atoms. The Balaban J connectivity index is 2.95. The van der Waals surface area contributed by atoms with Crippen LogP contribution in [0.4, 0.5) is 0 Å². The maximum absolute atomic E-state index is 5.93. The van der Waals surface area contributed by atoms with Crippen molar-refractivity contribution in [1.82, 2.24) is 0 Å². The summed E-state index contributed by atoms with van der Waals surface area (Å²) in [6.07, 6.45) is 4.79. The molecular formula is C7H14BrCl. The van der Waals surface area contributed by atoms with E-state index >= 15 is 0 Å². The molecule has 0 aromatic rings. The fourth-order valence-electron chi connectivity index (χ4n) is 0.688. The van der Waals surface area contributed by atoms with Crippen LogP contribution >= 0.6 is 27.5 Å². The van der Waals surface area contributed by atoms with Gasteiger partial charge in [0.15, 0.2) is 0 Å². The van der Waals surface area contributed by atoms with E-state index in [0.717, 1.165) is 11.8 Å². The van der Waals surface area contributed by atoms with E-state index in [-0.39, 0.29) is 0 Å². The number of alkyl halides is 2. The number of rotatable bonds is 5. The Kier molecular flexibility index (Phi) is 7.47. The first-order valence-corrected chi connectivity index (χ1v) is 5.07. The number of hydrogen-bond acceptors (Lipinski definition) is 0. The van der Waals surface area contributed by atoms with E-state index in [2.05, 4.69) is 22.9 Å². The highest BCUT2D eigenvalue weighted by Gasteiger charge is 2.00. The summed E-state index contributed by atoms with van der Waals surface area (Å²) in [4.78, 5) is 0. The lowest BCUT2D eigenvalue weighted by Crippen LogP contribution is -1.97. The van der Waals surface area contributed by atoms with Crippen LogP contribution in [-0.4, -0.2) is 10.7 Å². The molecule has 56 valence electrons. The largest absolute Gasteiger partial charge is 0.123 e. The Morgan fingerprint density at radius 2 is 2.11 bits per heavy atom. The van der Waals surface area contributed by atoms with Gasteiger partial charge in [-0.25, -0.2) is 0 Å². The minimum Gasteiger partial charge on any atom is -0.123 e. The summed E-state index contributed by atoms with van der Waals surface area (Å²) in [5, 5.41) is 1.43. The predicted molar refractivity (Wildman–Crippen MR) is 47.6 cm³/mol. The molecular weight excluding hydrogens is 199 g/mol. The molecule has 0 spiro atoms. The molecule has 1 atom stereocenters. The smallest absolute Gasteiger partial charge is 0.0344 e. The SMILES string of the molecule is CCCCC(Cl)CCBr. The summed E-state index contributed by atoms with van der Waals surface area (Å²) in [7, 11) is 0. The van der Waals surface area contributed by atoms with Crippen molar-refractivity contribution in [3.8, 4) is 0 Å². The van der Waals surface area contributed by atoms with Crippen LogP contribution in [0.2, 0.25) is 0 Å². The van der Waals surface area contributed by atoms with E-state index in [1.807, 2.05) is 0 Å². The van der Waals surface area contributed by atoms with Crippen LogP contribution in [0, 0.1) is 0 Å². The van der Waals surface area contributed by atoms with Gasteiger partial charge in [-0.15, -0.1) is 11.6 Å². The van der Waals surface area contributed by atoms with Gasteiger partial charge in [-0.3, -0.25) is 0 Å². The highest BCUT2D eigenvalue weighted by molar-refractivity contribution is 9.09. The number of unbranched alkanes of at least 4 members (excludes halogenated alkanes) is 1. The van der Waals surface area contributed by atoms with Crippen molar-refractivity contribution in [2.24, 2.45) is 0 Å². The van der Waals surface area contributed by atoms with Crippen LogP contribution in [-0.2, 0) is 0 Å². The molecule has 0 N–H and O–H groups in total. The summed E-state index contributed by atoms with van der Waals surface area (Å²) in [6, 6.07) is 0. The Morgan fingerprint density at radius 1 is 1.44 bits per heavy atom. The second-order valence-corrected chi connectivity index (χ2v) is 3.63. The maximum atomic E-state index is 5.93. The third kappa shape index (κ3) is 6.66. The van der Waals surface area contributed by atoms with Gasteiger partial charge in [-0.2, -0.15) is 0 Å². The Bertz CT molecular complexity index is 56.9. The Labute approximate surface area is 71.1 Å². The van der Waals surface area contributed by atoms with Gasteiger partial charge >= 0.3 is 0 Å². The van der Waals surface area contributed by atoms with E-state index in [0.29, 0.717) is 5.38 Å². The van der Waals surface area contributed by atoms with E-state index in [4.69, 9.17) is 11.6 Å². The molecule has 0 aliphatic heterocycles. The first-order chi connectivity index (χ1) is 4.31. The third-order valence-corrected chi connectivity index (χ3v) is 2.19. The lowest BCUT2D eigenvalue weighted by atomic mass is 10.2. The minimum absolute atomic E-state index is 0.393. The molecule has 0 saturated carbocycles. The normalized spacial score (nSPS) is 13.7. The van der Waals surface area contributed by atoms with Crippen LogP contribution in [0.25, 0.3) is 0 Å². The molecule has 0 aliphatic rings. The number of hydrogen-bond donors (Lipinski definition) is 0. The minimum atomic E-state index is 0.393. The van der Waals surface area contributed by atoms with E-state index in [9.17, 15) is 0 Å². The quantitative estimate of drug-likeness (QED) is 0.613. The van der Waals surface area contributed by atoms with Gasteiger partial charge in [0.05, 0.1) is 0 Å². The molecule has 9 heavy (non-hydrogen) atoms. The Hall–Kier alpha value is 0.770. The molecule has 0 rings (SSSR count). The first kappa shape index (κ1) is 9.77. The lowest BCUT2D eigenvalue weighted by molar-refractivity contribution is 0.668. The van der Waals surface area contributed by atoms with Crippen molar-refractivity contribution in [2.45, 2.75) is 38.0 Å². The zero-order valence-corrected chi connectivity index (χ0v) is 8.21. The van der Waals surface area contributed by atoms with E-state index in [1.54, 1.807) is 0 Å². The van der Waals surface area contributed by atoms with Gasteiger partial charge in [0.2, 0.25) is 0 Å². The van der Waals surface area contributed by atoms with E-state index < -0.39 is 0 Å². The molecule has 0 aliphatic carbocycles. The van der Waals surface area contributed by atoms with Crippen LogP contribution < -0.4 is 0 Å². The van der Waals surface area contributed by atoms with Crippen LogP contribution in [0.3, 0.4) is 0 Å². The third-order valence-electron chi connectivity index (χ3n) is 1.29. The zero-order valence-electron chi connectivity index (χ0n) is 5.87. The Morgan fingerprint density at radius 3 is 2.56 bits per heavy atom. The summed E-state index contributed by atoms with van der Waals surface area (Å²) >= 11 is 9.29. The average Bonchev–Trinajstić information content (AvgIpc) is 1.85. The molecule has 0 aromatic heterocycles. The fourth-order valence-corrected chi connectivity index (χ4v) is 1.77. The topological polar surface area (TPSA) is 0 Å². The molecule has 0 amide bonds. The van der Waals surface area contributed by atoms with Gasteiger partial charge < -0.3 is 0 Å². The molecule has 0 fully saturated rings. The van der Waals surface area contributed by atoms with Crippen LogP contribution in [0.5, 0.6) is 0 Å². The maximum Gasteiger partial charge on any atom is 0.0344 e. The van der Waals surface area contributed by atoms with Gasteiger partial charge in [0.1, 0.15) is 0 Å². The monoisotopic (exact) mass is 212 g/mol. The molecule has 0 heterocycles. The van der Waals surface area contributed by atoms with Crippen molar-refractivity contribution in [3.05, 3.63) is 0 Å². The second kappa shape index (κ2) is 6.88. The first-order valence-electron chi connectivity index (χ1n) is 3.51. The summed E-state index contributed by atoms with van der Waals surface area (Å²) in [5.74, 6) is 0. The van der Waals surface area contributed by atoms with Crippen LogP contribution in [0.15, 0.2) is 0 Å². The summed E-state index contributed by atoms with van der Waals surface area (Å²) < 4.78 is 0. The van der Waals surface area contributed by atoms with Crippen molar-refractivity contribution in [2.75, 3.05) is 5.33 Å².